The van der Waals surface area contributed by atoms with E-state index in [4.69, 9.17) is 9.47 Å². The van der Waals surface area contributed by atoms with Crippen LogP contribution in [0.3, 0.4) is 0 Å². The zero-order chi connectivity index (χ0) is 12.3. The lowest BCUT2D eigenvalue weighted by molar-refractivity contribution is -0.385. The third-order valence-electron chi connectivity index (χ3n) is 3.06. The molecule has 0 aromatic heterocycles. The van der Waals surface area contributed by atoms with Crippen LogP contribution in [-0.2, 0) is 0 Å². The van der Waals surface area contributed by atoms with Crippen molar-refractivity contribution in [3.63, 3.8) is 0 Å². The highest BCUT2D eigenvalue weighted by molar-refractivity contribution is 5.48. The molecule has 92 valence electrons. The summed E-state index contributed by atoms with van der Waals surface area (Å²) in [7, 11) is 1.48. The molecule has 0 heterocycles. The Morgan fingerprint density at radius 3 is 2.71 bits per heavy atom. The van der Waals surface area contributed by atoms with Crippen molar-refractivity contribution in [3.05, 3.63) is 28.3 Å². The van der Waals surface area contributed by atoms with Gasteiger partial charge < -0.3 is 9.47 Å². The highest BCUT2D eigenvalue weighted by atomic mass is 16.6. The van der Waals surface area contributed by atoms with E-state index in [1.165, 1.54) is 38.5 Å². The van der Waals surface area contributed by atoms with Gasteiger partial charge in [0.15, 0.2) is 11.5 Å². The molecule has 0 spiro atoms. The summed E-state index contributed by atoms with van der Waals surface area (Å²) < 4.78 is 10.7. The van der Waals surface area contributed by atoms with Gasteiger partial charge in [0.05, 0.1) is 24.7 Å². The summed E-state index contributed by atoms with van der Waals surface area (Å²) >= 11 is 0. The molecular formula is C12H15NO4. The van der Waals surface area contributed by atoms with Gasteiger partial charge in [0.25, 0.3) is 5.69 Å². The maximum Gasteiger partial charge on any atom is 0.273 e. The van der Waals surface area contributed by atoms with E-state index in [9.17, 15) is 10.1 Å². The van der Waals surface area contributed by atoms with Gasteiger partial charge in [0.2, 0.25) is 0 Å². The number of hydrogen-bond acceptors (Lipinski definition) is 4. The predicted molar refractivity (Wildman–Crippen MR) is 62.5 cm³/mol. The minimum Gasteiger partial charge on any atom is -0.493 e. The van der Waals surface area contributed by atoms with Gasteiger partial charge in [-0.15, -0.1) is 0 Å². The number of methoxy groups -OCH3 is 1. The van der Waals surface area contributed by atoms with Gasteiger partial charge in [-0.05, 0) is 24.8 Å². The molecule has 5 nitrogen and oxygen atoms in total. The minimum atomic E-state index is -0.446. The number of hydrogen-bond donors (Lipinski definition) is 0. The third kappa shape index (κ3) is 2.67. The lowest BCUT2D eigenvalue weighted by atomic mass is 9.86. The first-order valence-corrected chi connectivity index (χ1v) is 5.66. The Morgan fingerprint density at radius 1 is 1.41 bits per heavy atom. The van der Waals surface area contributed by atoms with Gasteiger partial charge in [0, 0.05) is 6.07 Å². The Morgan fingerprint density at radius 2 is 2.18 bits per heavy atom. The summed E-state index contributed by atoms with van der Waals surface area (Å²) in [6.45, 7) is 0.661. The summed E-state index contributed by atoms with van der Waals surface area (Å²) in [4.78, 5) is 10.2. The second-order valence-corrected chi connectivity index (χ2v) is 4.20. The van der Waals surface area contributed by atoms with E-state index >= 15 is 0 Å². The standard InChI is InChI=1S/C12H15NO4/c1-16-12-7-10(13(14)15)5-6-11(12)17-8-9-3-2-4-9/h5-7,9H,2-4,8H2,1H3. The molecule has 0 aliphatic heterocycles. The molecule has 5 heteroatoms. The van der Waals surface area contributed by atoms with Gasteiger partial charge in [-0.3, -0.25) is 10.1 Å². The quantitative estimate of drug-likeness (QED) is 0.583. The number of nitro benzene ring substituents is 1. The third-order valence-corrected chi connectivity index (χ3v) is 3.06. The van der Waals surface area contributed by atoms with Crippen LogP contribution in [0.4, 0.5) is 5.69 Å². The smallest absolute Gasteiger partial charge is 0.273 e. The SMILES string of the molecule is COc1cc([N+](=O)[O-])ccc1OCC1CCC1. The fourth-order valence-corrected chi connectivity index (χ4v) is 1.76. The molecule has 1 aliphatic carbocycles. The van der Waals surface area contributed by atoms with Crippen molar-refractivity contribution in [1.82, 2.24) is 0 Å². The first-order valence-electron chi connectivity index (χ1n) is 5.66. The number of ether oxygens (including phenoxy) is 2. The van der Waals surface area contributed by atoms with Crippen molar-refractivity contribution in [1.29, 1.82) is 0 Å². The van der Waals surface area contributed by atoms with Crippen LogP contribution < -0.4 is 9.47 Å². The topological polar surface area (TPSA) is 61.6 Å². The highest BCUT2D eigenvalue weighted by Gasteiger charge is 2.19. The largest absolute Gasteiger partial charge is 0.493 e. The Balaban J connectivity index is 2.06. The zero-order valence-electron chi connectivity index (χ0n) is 9.72. The molecule has 0 N–H and O–H groups in total. The van der Waals surface area contributed by atoms with Crippen molar-refractivity contribution < 1.29 is 14.4 Å². The normalized spacial score (nSPS) is 15.1. The first-order chi connectivity index (χ1) is 8.20. The molecule has 0 radical (unpaired) electrons. The van der Waals surface area contributed by atoms with Gasteiger partial charge in [-0.2, -0.15) is 0 Å². The zero-order valence-corrected chi connectivity index (χ0v) is 9.72. The van der Waals surface area contributed by atoms with Gasteiger partial charge in [0.1, 0.15) is 0 Å². The number of nitrogens with zero attached hydrogens (tertiary/aromatic N) is 1. The summed E-state index contributed by atoms with van der Waals surface area (Å²) in [5.74, 6) is 1.61. The van der Waals surface area contributed by atoms with Crippen LogP contribution in [-0.4, -0.2) is 18.6 Å². The molecule has 0 saturated heterocycles. The van der Waals surface area contributed by atoms with Crippen LogP contribution in [0.5, 0.6) is 11.5 Å². The van der Waals surface area contributed by atoms with Crippen molar-refractivity contribution >= 4 is 5.69 Å². The summed E-state index contributed by atoms with van der Waals surface area (Å²) in [5.41, 5.74) is 0.0119. The van der Waals surface area contributed by atoms with Crippen LogP contribution in [0, 0.1) is 16.0 Å². The van der Waals surface area contributed by atoms with Gasteiger partial charge >= 0.3 is 0 Å². The van der Waals surface area contributed by atoms with Crippen LogP contribution in [0.15, 0.2) is 18.2 Å². The average Bonchev–Trinajstić information content (AvgIpc) is 2.27. The van der Waals surface area contributed by atoms with E-state index in [1.807, 2.05) is 0 Å². The fourth-order valence-electron chi connectivity index (χ4n) is 1.76. The van der Waals surface area contributed by atoms with Crippen molar-refractivity contribution in [2.75, 3.05) is 13.7 Å². The molecule has 1 saturated carbocycles. The van der Waals surface area contributed by atoms with E-state index in [0.717, 1.165) is 0 Å². The molecule has 1 aromatic carbocycles. The number of benzene rings is 1. The van der Waals surface area contributed by atoms with Gasteiger partial charge in [-0.1, -0.05) is 6.42 Å². The monoisotopic (exact) mass is 237 g/mol. The van der Waals surface area contributed by atoms with E-state index < -0.39 is 4.92 Å². The molecule has 1 aliphatic rings. The number of nitro groups is 1. The van der Waals surface area contributed by atoms with Crippen LogP contribution >= 0.6 is 0 Å². The minimum absolute atomic E-state index is 0.0119. The first kappa shape index (κ1) is 11.7. The van der Waals surface area contributed by atoms with Crippen LogP contribution in [0.25, 0.3) is 0 Å². The molecule has 0 atom stereocenters. The summed E-state index contributed by atoms with van der Waals surface area (Å²) in [6.07, 6.45) is 3.68. The van der Waals surface area contributed by atoms with E-state index in [-0.39, 0.29) is 5.69 Å². The molecule has 0 amide bonds. The van der Waals surface area contributed by atoms with Crippen molar-refractivity contribution in [2.24, 2.45) is 5.92 Å². The Labute approximate surface area is 99.5 Å². The lowest BCUT2D eigenvalue weighted by Crippen LogP contribution is -2.19. The highest BCUT2D eigenvalue weighted by Crippen LogP contribution is 2.33. The maximum atomic E-state index is 10.6. The van der Waals surface area contributed by atoms with Gasteiger partial charge in [-0.25, -0.2) is 0 Å². The van der Waals surface area contributed by atoms with Crippen molar-refractivity contribution in [2.45, 2.75) is 19.3 Å². The Bertz CT molecular complexity index is 415. The molecule has 0 unspecified atom stereocenters. The van der Waals surface area contributed by atoms with Crippen LogP contribution in [0.1, 0.15) is 19.3 Å². The molecule has 1 fully saturated rings. The fraction of sp³-hybridized carbons (Fsp3) is 0.500. The second-order valence-electron chi connectivity index (χ2n) is 4.20. The second kappa shape index (κ2) is 5.03. The summed E-state index contributed by atoms with van der Waals surface area (Å²) in [5, 5.41) is 10.6. The predicted octanol–water partition coefficient (Wildman–Crippen LogP) is 2.78. The molecule has 17 heavy (non-hydrogen) atoms. The Hall–Kier alpha value is -1.78. The average molecular weight is 237 g/mol. The molecular weight excluding hydrogens is 222 g/mol. The van der Waals surface area contributed by atoms with Crippen molar-refractivity contribution in [3.8, 4) is 11.5 Å². The summed E-state index contributed by atoms with van der Waals surface area (Å²) in [6, 6.07) is 4.41. The maximum absolute atomic E-state index is 10.6. The van der Waals surface area contributed by atoms with E-state index in [2.05, 4.69) is 0 Å². The number of non-ortho nitro benzene ring substituents is 1. The molecule has 2 rings (SSSR count). The Kier molecular flexibility index (Phi) is 3.46. The lowest BCUT2D eigenvalue weighted by Gasteiger charge is -2.25. The van der Waals surface area contributed by atoms with E-state index in [0.29, 0.717) is 24.0 Å². The number of rotatable bonds is 5. The molecule has 0 bridgehead atoms. The van der Waals surface area contributed by atoms with E-state index in [1.54, 1.807) is 6.07 Å². The van der Waals surface area contributed by atoms with Crippen LogP contribution in [0.2, 0.25) is 0 Å². The molecule has 1 aromatic rings.